The average Bonchev–Trinajstić information content (AvgIpc) is 2.76. The van der Waals surface area contributed by atoms with Crippen LogP contribution in [0, 0.1) is 6.92 Å². The number of carbonyl (C=O) groups is 1. The number of esters is 1. The van der Waals surface area contributed by atoms with E-state index in [9.17, 15) is 15.0 Å². The minimum Gasteiger partial charge on any atom is -0.505 e. The summed E-state index contributed by atoms with van der Waals surface area (Å²) in [5.74, 6) is -2.10. The van der Waals surface area contributed by atoms with Crippen molar-refractivity contribution in [2.24, 2.45) is 0 Å². The van der Waals surface area contributed by atoms with Crippen LogP contribution in [0.3, 0.4) is 0 Å². The van der Waals surface area contributed by atoms with Crippen LogP contribution in [0.15, 0.2) is 54.1 Å². The van der Waals surface area contributed by atoms with Gasteiger partial charge in [-0.25, -0.2) is 4.79 Å². The second-order valence-electron chi connectivity index (χ2n) is 4.86. The standard InChI is InChI=1S/C16H13NO4/c1-9-2-7-12(17-8-9)10-3-5-11(6-4-10)15-13(18)14(19)16(20)21-15/h2-8,15,18-19H,1H3. The Morgan fingerprint density at radius 3 is 2.33 bits per heavy atom. The molecule has 0 spiro atoms. The Kier molecular flexibility index (Phi) is 3.10. The van der Waals surface area contributed by atoms with Gasteiger partial charge in [0.05, 0.1) is 5.69 Å². The summed E-state index contributed by atoms with van der Waals surface area (Å²) in [5, 5.41) is 19.0. The number of hydrogen-bond donors (Lipinski definition) is 2. The summed E-state index contributed by atoms with van der Waals surface area (Å²) in [6.45, 7) is 1.97. The highest BCUT2D eigenvalue weighted by Gasteiger charge is 2.35. The molecule has 0 bridgehead atoms. The molecule has 1 unspecified atom stereocenters. The Labute approximate surface area is 121 Å². The fraction of sp³-hybridized carbons (Fsp3) is 0.125. The first-order valence-corrected chi connectivity index (χ1v) is 6.42. The highest BCUT2D eigenvalue weighted by Crippen LogP contribution is 2.33. The minimum atomic E-state index is -0.947. The van der Waals surface area contributed by atoms with Crippen LogP contribution in [-0.4, -0.2) is 21.2 Å². The molecule has 1 aliphatic heterocycles. The number of aliphatic hydroxyl groups excluding tert-OH is 2. The molecular weight excluding hydrogens is 270 g/mol. The summed E-state index contributed by atoms with van der Waals surface area (Å²) in [7, 11) is 0. The molecule has 1 aromatic carbocycles. The van der Waals surface area contributed by atoms with Gasteiger partial charge in [-0.15, -0.1) is 0 Å². The van der Waals surface area contributed by atoms with E-state index in [4.69, 9.17) is 4.74 Å². The molecule has 0 radical (unpaired) electrons. The van der Waals surface area contributed by atoms with Gasteiger partial charge in [-0.1, -0.05) is 30.3 Å². The van der Waals surface area contributed by atoms with Crippen molar-refractivity contribution >= 4 is 5.97 Å². The van der Waals surface area contributed by atoms with Crippen LogP contribution in [0.1, 0.15) is 17.2 Å². The van der Waals surface area contributed by atoms with Gasteiger partial charge in [-0.05, 0) is 18.6 Å². The smallest absolute Gasteiger partial charge is 0.378 e. The lowest BCUT2D eigenvalue weighted by molar-refractivity contribution is -0.142. The van der Waals surface area contributed by atoms with Crippen LogP contribution in [0.25, 0.3) is 11.3 Å². The Morgan fingerprint density at radius 1 is 1.10 bits per heavy atom. The van der Waals surface area contributed by atoms with Crippen molar-refractivity contribution in [3.63, 3.8) is 0 Å². The van der Waals surface area contributed by atoms with Crippen LogP contribution in [-0.2, 0) is 9.53 Å². The SMILES string of the molecule is Cc1ccc(-c2ccc(C3OC(=O)C(O)=C3O)cc2)nc1. The number of carbonyl (C=O) groups excluding carboxylic acids is 1. The summed E-state index contributed by atoms with van der Waals surface area (Å²) in [5.41, 5.74) is 3.41. The second kappa shape index (κ2) is 4.94. The van der Waals surface area contributed by atoms with Gasteiger partial charge in [0.2, 0.25) is 5.76 Å². The number of aliphatic hydroxyl groups is 2. The van der Waals surface area contributed by atoms with Gasteiger partial charge < -0.3 is 14.9 Å². The summed E-state index contributed by atoms with van der Waals surface area (Å²) in [4.78, 5) is 15.5. The van der Waals surface area contributed by atoms with Crippen molar-refractivity contribution in [2.45, 2.75) is 13.0 Å². The first kappa shape index (κ1) is 13.2. The fourth-order valence-electron chi connectivity index (χ4n) is 2.14. The van der Waals surface area contributed by atoms with Gasteiger partial charge in [0.15, 0.2) is 11.9 Å². The lowest BCUT2D eigenvalue weighted by atomic mass is 10.0. The Balaban J connectivity index is 1.88. The third-order valence-corrected chi connectivity index (χ3v) is 3.33. The topological polar surface area (TPSA) is 79.7 Å². The normalized spacial score (nSPS) is 18.0. The van der Waals surface area contributed by atoms with Gasteiger partial charge in [-0.3, -0.25) is 4.98 Å². The minimum absolute atomic E-state index is 0.457. The van der Waals surface area contributed by atoms with Crippen molar-refractivity contribution in [1.82, 2.24) is 4.98 Å². The van der Waals surface area contributed by atoms with Crippen molar-refractivity contribution < 1.29 is 19.7 Å². The van der Waals surface area contributed by atoms with E-state index in [1.165, 1.54) is 0 Å². The molecule has 0 aliphatic carbocycles. The molecule has 0 fully saturated rings. The Morgan fingerprint density at radius 2 is 1.81 bits per heavy atom. The zero-order valence-electron chi connectivity index (χ0n) is 11.3. The van der Waals surface area contributed by atoms with Crippen molar-refractivity contribution in [3.8, 4) is 11.3 Å². The molecule has 21 heavy (non-hydrogen) atoms. The molecule has 5 nitrogen and oxygen atoms in total. The van der Waals surface area contributed by atoms with E-state index in [1.807, 2.05) is 31.2 Å². The largest absolute Gasteiger partial charge is 0.505 e. The zero-order chi connectivity index (χ0) is 15.0. The van der Waals surface area contributed by atoms with E-state index in [-0.39, 0.29) is 0 Å². The van der Waals surface area contributed by atoms with E-state index in [2.05, 4.69) is 4.98 Å². The highest BCUT2D eigenvalue weighted by atomic mass is 16.6. The highest BCUT2D eigenvalue weighted by molar-refractivity contribution is 5.89. The maximum atomic E-state index is 11.2. The number of cyclic esters (lactones) is 1. The van der Waals surface area contributed by atoms with Crippen molar-refractivity contribution in [3.05, 3.63) is 65.2 Å². The molecule has 3 rings (SSSR count). The molecule has 1 aromatic heterocycles. The van der Waals surface area contributed by atoms with Crippen molar-refractivity contribution in [2.75, 3.05) is 0 Å². The number of aryl methyl sites for hydroxylation is 1. The van der Waals surface area contributed by atoms with Gasteiger partial charge in [0, 0.05) is 17.3 Å². The van der Waals surface area contributed by atoms with Gasteiger partial charge >= 0.3 is 5.97 Å². The van der Waals surface area contributed by atoms with Crippen LogP contribution in [0.4, 0.5) is 0 Å². The lowest BCUT2D eigenvalue weighted by Crippen LogP contribution is -2.03. The van der Waals surface area contributed by atoms with Gasteiger partial charge in [0.25, 0.3) is 0 Å². The lowest BCUT2D eigenvalue weighted by Gasteiger charge is -2.10. The molecule has 0 saturated carbocycles. The molecule has 1 aliphatic rings. The van der Waals surface area contributed by atoms with E-state index in [0.717, 1.165) is 16.8 Å². The number of ether oxygens (including phenoxy) is 1. The molecular formula is C16H13NO4. The molecule has 0 amide bonds. The first-order valence-electron chi connectivity index (χ1n) is 6.42. The van der Waals surface area contributed by atoms with Gasteiger partial charge in [-0.2, -0.15) is 0 Å². The van der Waals surface area contributed by atoms with Crippen molar-refractivity contribution in [1.29, 1.82) is 0 Å². The van der Waals surface area contributed by atoms with Gasteiger partial charge in [0.1, 0.15) is 0 Å². The first-order chi connectivity index (χ1) is 10.1. The fourth-order valence-corrected chi connectivity index (χ4v) is 2.14. The van der Waals surface area contributed by atoms with E-state index < -0.39 is 23.6 Å². The molecule has 2 heterocycles. The van der Waals surface area contributed by atoms with E-state index in [1.54, 1.807) is 18.3 Å². The third-order valence-electron chi connectivity index (χ3n) is 3.33. The number of rotatable bonds is 2. The predicted octanol–water partition coefficient (Wildman–Crippen LogP) is 2.98. The Hall–Kier alpha value is -2.82. The maximum absolute atomic E-state index is 11.2. The maximum Gasteiger partial charge on any atom is 0.378 e. The van der Waals surface area contributed by atoms with Crippen LogP contribution < -0.4 is 0 Å². The average molecular weight is 283 g/mol. The molecule has 1 atom stereocenters. The molecule has 106 valence electrons. The number of pyridine rings is 1. The van der Waals surface area contributed by atoms with Crippen LogP contribution in [0.2, 0.25) is 0 Å². The number of benzene rings is 1. The molecule has 5 heteroatoms. The molecule has 0 saturated heterocycles. The number of nitrogens with zero attached hydrogens (tertiary/aromatic N) is 1. The second-order valence-corrected chi connectivity index (χ2v) is 4.86. The summed E-state index contributed by atoms with van der Waals surface area (Å²) in [6.07, 6.45) is 0.840. The Bertz CT molecular complexity index is 717. The third kappa shape index (κ3) is 2.33. The summed E-state index contributed by atoms with van der Waals surface area (Å²) < 4.78 is 4.90. The summed E-state index contributed by atoms with van der Waals surface area (Å²) >= 11 is 0. The predicted molar refractivity (Wildman–Crippen MR) is 75.5 cm³/mol. The van der Waals surface area contributed by atoms with Crippen LogP contribution >= 0.6 is 0 Å². The van der Waals surface area contributed by atoms with E-state index >= 15 is 0 Å². The quantitative estimate of drug-likeness (QED) is 0.828. The summed E-state index contributed by atoms with van der Waals surface area (Å²) in [6, 6.07) is 11.0. The number of hydrogen-bond acceptors (Lipinski definition) is 5. The monoisotopic (exact) mass is 283 g/mol. The molecule has 2 aromatic rings. The van der Waals surface area contributed by atoms with E-state index in [0.29, 0.717) is 5.56 Å². The molecule has 2 N–H and O–H groups in total. The van der Waals surface area contributed by atoms with Crippen LogP contribution in [0.5, 0.6) is 0 Å². The zero-order valence-corrected chi connectivity index (χ0v) is 11.3. The number of aromatic nitrogens is 1.